The van der Waals surface area contributed by atoms with E-state index in [0.717, 1.165) is 5.56 Å². The molecule has 2 rings (SSSR count). The van der Waals surface area contributed by atoms with Crippen molar-refractivity contribution in [2.24, 2.45) is 0 Å². The number of nitrogens with one attached hydrogen (secondary N) is 3. The van der Waals surface area contributed by atoms with Crippen molar-refractivity contribution in [3.63, 3.8) is 0 Å². The first-order valence-corrected chi connectivity index (χ1v) is 7.90. The van der Waals surface area contributed by atoms with Gasteiger partial charge in [-0.15, -0.1) is 0 Å². The van der Waals surface area contributed by atoms with E-state index in [4.69, 9.17) is 23.8 Å². The second-order valence-electron chi connectivity index (χ2n) is 5.13. The number of amides is 2. The molecule has 0 aliphatic carbocycles. The maximum atomic E-state index is 12.1. The van der Waals surface area contributed by atoms with Gasteiger partial charge in [0.2, 0.25) is 5.91 Å². The lowest BCUT2D eigenvalue weighted by atomic mass is 10.2. The van der Waals surface area contributed by atoms with Crippen LogP contribution in [0.4, 0.5) is 11.4 Å². The van der Waals surface area contributed by atoms with Crippen LogP contribution in [0.15, 0.2) is 42.5 Å². The third kappa shape index (κ3) is 5.04. The van der Waals surface area contributed by atoms with Gasteiger partial charge < -0.3 is 10.6 Å². The van der Waals surface area contributed by atoms with Gasteiger partial charge in [0, 0.05) is 28.9 Å². The fraction of sp³-hybridized carbons (Fsp3) is 0.118. The molecule has 2 amide bonds. The first-order valence-electron chi connectivity index (χ1n) is 7.11. The van der Waals surface area contributed by atoms with E-state index in [1.807, 2.05) is 13.0 Å². The largest absolute Gasteiger partial charge is 0.332 e. The molecule has 0 bridgehead atoms. The molecule has 0 radical (unpaired) electrons. The molecule has 0 atom stereocenters. The Bertz CT molecular complexity index is 808. The molecule has 0 saturated carbocycles. The van der Waals surface area contributed by atoms with Crippen molar-refractivity contribution in [1.29, 1.82) is 0 Å². The van der Waals surface area contributed by atoms with E-state index in [-0.39, 0.29) is 16.9 Å². The molecule has 2 aromatic rings. The second-order valence-corrected chi connectivity index (χ2v) is 5.97. The number of benzene rings is 2. The first-order chi connectivity index (χ1) is 11.3. The maximum Gasteiger partial charge on any atom is 0.257 e. The van der Waals surface area contributed by atoms with Crippen molar-refractivity contribution in [3.05, 3.63) is 58.6 Å². The van der Waals surface area contributed by atoms with Gasteiger partial charge in [-0.05, 0) is 55.0 Å². The van der Waals surface area contributed by atoms with Gasteiger partial charge >= 0.3 is 0 Å². The van der Waals surface area contributed by atoms with Gasteiger partial charge in [0.1, 0.15) is 0 Å². The molecule has 7 heteroatoms. The van der Waals surface area contributed by atoms with E-state index in [1.165, 1.54) is 6.92 Å². The highest BCUT2D eigenvalue weighted by molar-refractivity contribution is 7.80. The van der Waals surface area contributed by atoms with Crippen LogP contribution in [-0.4, -0.2) is 16.9 Å². The van der Waals surface area contributed by atoms with Crippen molar-refractivity contribution >= 4 is 52.1 Å². The smallest absolute Gasteiger partial charge is 0.257 e. The summed E-state index contributed by atoms with van der Waals surface area (Å²) in [6, 6.07) is 12.0. The zero-order valence-corrected chi connectivity index (χ0v) is 14.7. The zero-order chi connectivity index (χ0) is 17.7. The Morgan fingerprint density at radius 1 is 1.08 bits per heavy atom. The van der Waals surface area contributed by atoms with Crippen LogP contribution in [0.3, 0.4) is 0 Å². The molecule has 0 fully saturated rings. The standard InChI is InChI=1S/C17H16ClN3O2S/c1-10-6-7-14(9-15(10)19-11(2)22)20-17(24)21-16(23)12-4-3-5-13(18)8-12/h3-9H,1-2H3,(H,19,22)(H2,20,21,23,24). The lowest BCUT2D eigenvalue weighted by Gasteiger charge is -2.12. The minimum absolute atomic E-state index is 0.151. The summed E-state index contributed by atoms with van der Waals surface area (Å²) in [5, 5.41) is 8.85. The minimum Gasteiger partial charge on any atom is -0.332 e. The van der Waals surface area contributed by atoms with E-state index < -0.39 is 0 Å². The lowest BCUT2D eigenvalue weighted by Crippen LogP contribution is -2.34. The molecule has 2 aromatic carbocycles. The molecule has 0 aliphatic rings. The molecule has 0 heterocycles. The third-order valence-electron chi connectivity index (χ3n) is 3.12. The van der Waals surface area contributed by atoms with Crippen LogP contribution in [0.5, 0.6) is 0 Å². The quantitative estimate of drug-likeness (QED) is 0.728. The van der Waals surface area contributed by atoms with Crippen LogP contribution in [0.25, 0.3) is 0 Å². The molecule has 124 valence electrons. The second kappa shape index (κ2) is 7.90. The highest BCUT2D eigenvalue weighted by atomic mass is 35.5. The molecule has 0 aromatic heterocycles. The molecule has 0 aliphatic heterocycles. The average molecular weight is 362 g/mol. The molecule has 0 spiro atoms. The van der Waals surface area contributed by atoms with Gasteiger partial charge in [0.05, 0.1) is 0 Å². The number of anilines is 2. The number of thiocarbonyl (C=S) groups is 1. The summed E-state index contributed by atoms with van der Waals surface area (Å²) in [7, 11) is 0. The SMILES string of the molecule is CC(=O)Nc1cc(NC(=S)NC(=O)c2cccc(Cl)c2)ccc1C. The monoisotopic (exact) mass is 361 g/mol. The van der Waals surface area contributed by atoms with E-state index in [1.54, 1.807) is 36.4 Å². The van der Waals surface area contributed by atoms with E-state index in [2.05, 4.69) is 16.0 Å². The number of halogens is 1. The summed E-state index contributed by atoms with van der Waals surface area (Å²) >= 11 is 11.0. The third-order valence-corrected chi connectivity index (χ3v) is 3.56. The number of hydrogen-bond donors (Lipinski definition) is 3. The van der Waals surface area contributed by atoms with Crippen LogP contribution in [0.1, 0.15) is 22.8 Å². The van der Waals surface area contributed by atoms with Gasteiger partial charge in [-0.25, -0.2) is 0 Å². The Kier molecular flexibility index (Phi) is 5.89. The van der Waals surface area contributed by atoms with Crippen molar-refractivity contribution in [2.45, 2.75) is 13.8 Å². The number of rotatable bonds is 3. The van der Waals surface area contributed by atoms with Crippen molar-refractivity contribution in [1.82, 2.24) is 5.32 Å². The molecule has 0 unspecified atom stereocenters. The van der Waals surface area contributed by atoms with E-state index in [9.17, 15) is 9.59 Å². The molecule has 3 N–H and O–H groups in total. The highest BCUT2D eigenvalue weighted by Gasteiger charge is 2.09. The molecular formula is C17H16ClN3O2S. The lowest BCUT2D eigenvalue weighted by molar-refractivity contribution is -0.114. The Hall–Kier alpha value is -2.44. The van der Waals surface area contributed by atoms with Gasteiger partial charge in [-0.3, -0.25) is 14.9 Å². The fourth-order valence-corrected chi connectivity index (χ4v) is 2.39. The Morgan fingerprint density at radius 3 is 2.50 bits per heavy atom. The van der Waals surface area contributed by atoms with Crippen LogP contribution in [-0.2, 0) is 4.79 Å². The number of hydrogen-bond acceptors (Lipinski definition) is 3. The summed E-state index contributed by atoms with van der Waals surface area (Å²) in [5.74, 6) is -0.517. The van der Waals surface area contributed by atoms with Crippen LogP contribution in [0.2, 0.25) is 5.02 Å². The first kappa shape index (κ1) is 17.9. The average Bonchev–Trinajstić information content (AvgIpc) is 2.50. The van der Waals surface area contributed by atoms with E-state index >= 15 is 0 Å². The molecular weight excluding hydrogens is 346 g/mol. The van der Waals surface area contributed by atoms with Gasteiger partial charge in [-0.1, -0.05) is 23.7 Å². The summed E-state index contributed by atoms with van der Waals surface area (Å²) in [6.45, 7) is 3.32. The normalized spacial score (nSPS) is 9.96. The zero-order valence-electron chi connectivity index (χ0n) is 13.1. The predicted molar refractivity (Wildman–Crippen MR) is 101 cm³/mol. The van der Waals surface area contributed by atoms with Gasteiger partial charge in [0.15, 0.2) is 5.11 Å². The minimum atomic E-state index is -0.357. The Balaban J connectivity index is 2.04. The van der Waals surface area contributed by atoms with Gasteiger partial charge in [-0.2, -0.15) is 0 Å². The number of aryl methyl sites for hydroxylation is 1. The topological polar surface area (TPSA) is 70.2 Å². The number of carbonyl (C=O) groups is 2. The Labute approximate surface area is 150 Å². The maximum absolute atomic E-state index is 12.1. The summed E-state index contributed by atoms with van der Waals surface area (Å²) in [5.41, 5.74) is 2.66. The molecule has 24 heavy (non-hydrogen) atoms. The molecule has 0 saturated heterocycles. The van der Waals surface area contributed by atoms with Crippen molar-refractivity contribution in [2.75, 3.05) is 10.6 Å². The molecule has 5 nitrogen and oxygen atoms in total. The highest BCUT2D eigenvalue weighted by Crippen LogP contribution is 2.20. The summed E-state index contributed by atoms with van der Waals surface area (Å²) in [4.78, 5) is 23.3. The van der Waals surface area contributed by atoms with Crippen molar-refractivity contribution in [3.8, 4) is 0 Å². The van der Waals surface area contributed by atoms with Crippen molar-refractivity contribution < 1.29 is 9.59 Å². The van der Waals surface area contributed by atoms with Crippen LogP contribution < -0.4 is 16.0 Å². The van der Waals surface area contributed by atoms with Crippen LogP contribution >= 0.6 is 23.8 Å². The Morgan fingerprint density at radius 2 is 1.83 bits per heavy atom. The van der Waals surface area contributed by atoms with Crippen LogP contribution in [0, 0.1) is 6.92 Å². The van der Waals surface area contributed by atoms with E-state index in [0.29, 0.717) is 22.0 Å². The van der Waals surface area contributed by atoms with Gasteiger partial charge in [0.25, 0.3) is 5.91 Å². The summed E-state index contributed by atoms with van der Waals surface area (Å²) < 4.78 is 0. The predicted octanol–water partition coefficient (Wildman–Crippen LogP) is 3.73. The number of carbonyl (C=O) groups excluding carboxylic acids is 2. The fourth-order valence-electron chi connectivity index (χ4n) is 1.99. The summed E-state index contributed by atoms with van der Waals surface area (Å²) in [6.07, 6.45) is 0.